The van der Waals surface area contributed by atoms with Crippen molar-refractivity contribution in [2.75, 3.05) is 18.2 Å². The van der Waals surface area contributed by atoms with Gasteiger partial charge in [-0.25, -0.2) is 0 Å². The summed E-state index contributed by atoms with van der Waals surface area (Å²) in [5.41, 5.74) is 6.98. The molecule has 2 aromatic rings. The largest absolute Gasteiger partial charge is 0.495 e. The maximum Gasteiger partial charge on any atom is 0.257 e. The van der Waals surface area contributed by atoms with E-state index in [1.165, 1.54) is 13.2 Å². The predicted molar refractivity (Wildman–Crippen MR) is 81.8 cm³/mol. The number of nitrogens with two attached hydrogens (primary N) is 1. The predicted octanol–water partition coefficient (Wildman–Crippen LogP) is 3.84. The van der Waals surface area contributed by atoms with Crippen molar-refractivity contribution in [2.24, 2.45) is 0 Å². The van der Waals surface area contributed by atoms with Gasteiger partial charge in [-0.05, 0) is 30.3 Å². The number of nitrogens with one attached hydrogen (secondary N) is 1. The van der Waals surface area contributed by atoms with Gasteiger partial charge in [0.1, 0.15) is 5.75 Å². The minimum Gasteiger partial charge on any atom is -0.495 e. The molecule has 104 valence electrons. The highest BCUT2D eigenvalue weighted by Crippen LogP contribution is 2.30. The summed E-state index contributed by atoms with van der Waals surface area (Å²) >= 11 is 11.7. The molecular formula is C14H12Cl2N2O2. The van der Waals surface area contributed by atoms with Crippen molar-refractivity contribution in [3.8, 4) is 5.75 Å². The van der Waals surface area contributed by atoms with Crippen molar-refractivity contribution in [2.45, 2.75) is 0 Å². The van der Waals surface area contributed by atoms with Crippen molar-refractivity contribution in [3.63, 3.8) is 0 Å². The van der Waals surface area contributed by atoms with Gasteiger partial charge in [0.15, 0.2) is 0 Å². The summed E-state index contributed by atoms with van der Waals surface area (Å²) in [4.78, 5) is 12.2. The summed E-state index contributed by atoms with van der Waals surface area (Å²) in [6, 6.07) is 9.79. The number of carbonyl (C=O) groups is 1. The third-order valence-electron chi connectivity index (χ3n) is 2.67. The number of halogens is 2. The van der Waals surface area contributed by atoms with Gasteiger partial charge < -0.3 is 15.8 Å². The highest BCUT2D eigenvalue weighted by molar-refractivity contribution is 6.31. The highest BCUT2D eigenvalue weighted by Gasteiger charge is 2.15. The van der Waals surface area contributed by atoms with Crippen LogP contribution in [-0.4, -0.2) is 13.0 Å². The van der Waals surface area contributed by atoms with Gasteiger partial charge in [-0.15, -0.1) is 0 Å². The maximum atomic E-state index is 12.2. The first kappa shape index (κ1) is 14.5. The maximum absolute atomic E-state index is 12.2. The molecule has 0 spiro atoms. The lowest BCUT2D eigenvalue weighted by Crippen LogP contribution is -2.14. The molecule has 2 rings (SSSR count). The summed E-state index contributed by atoms with van der Waals surface area (Å²) in [6.07, 6.45) is 0. The van der Waals surface area contributed by atoms with E-state index >= 15 is 0 Å². The molecule has 0 bridgehead atoms. The Labute approximate surface area is 126 Å². The number of hydrogen-bond acceptors (Lipinski definition) is 3. The van der Waals surface area contributed by atoms with Gasteiger partial charge in [-0.2, -0.15) is 0 Å². The first-order chi connectivity index (χ1) is 9.51. The Balaban J connectivity index is 2.29. The van der Waals surface area contributed by atoms with E-state index in [9.17, 15) is 4.79 Å². The van der Waals surface area contributed by atoms with Crippen LogP contribution in [0.2, 0.25) is 10.0 Å². The Morgan fingerprint density at radius 1 is 1.15 bits per heavy atom. The van der Waals surface area contributed by atoms with Gasteiger partial charge in [0.25, 0.3) is 5.91 Å². The fraction of sp³-hybridized carbons (Fsp3) is 0.0714. The van der Waals surface area contributed by atoms with Crippen molar-refractivity contribution in [1.29, 1.82) is 0 Å². The zero-order valence-electron chi connectivity index (χ0n) is 10.6. The van der Waals surface area contributed by atoms with E-state index in [0.29, 0.717) is 21.5 Å². The van der Waals surface area contributed by atoms with E-state index in [0.717, 1.165) is 0 Å². The molecule has 0 saturated heterocycles. The van der Waals surface area contributed by atoms with Crippen molar-refractivity contribution in [1.82, 2.24) is 0 Å². The average molecular weight is 311 g/mol. The van der Waals surface area contributed by atoms with Crippen LogP contribution in [0.5, 0.6) is 5.75 Å². The normalized spacial score (nSPS) is 10.2. The number of anilines is 2. The Morgan fingerprint density at radius 2 is 1.80 bits per heavy atom. The summed E-state index contributed by atoms with van der Waals surface area (Å²) in [5, 5.41) is 3.68. The summed E-state index contributed by atoms with van der Waals surface area (Å²) in [7, 11) is 1.46. The van der Waals surface area contributed by atoms with Crippen LogP contribution < -0.4 is 15.8 Å². The molecule has 0 radical (unpaired) electrons. The summed E-state index contributed by atoms with van der Waals surface area (Å²) in [5.74, 6) is -0.00983. The van der Waals surface area contributed by atoms with E-state index in [1.54, 1.807) is 30.3 Å². The molecule has 3 N–H and O–H groups in total. The number of ether oxygens (including phenoxy) is 1. The van der Waals surface area contributed by atoms with Crippen LogP contribution in [0.4, 0.5) is 11.4 Å². The van der Waals surface area contributed by atoms with E-state index in [-0.39, 0.29) is 17.2 Å². The number of benzene rings is 2. The number of nitrogen functional groups attached to an aromatic ring is 1. The van der Waals surface area contributed by atoms with Gasteiger partial charge in [0.05, 0.1) is 18.4 Å². The molecule has 0 unspecified atom stereocenters. The van der Waals surface area contributed by atoms with Crippen molar-refractivity contribution >= 4 is 40.5 Å². The number of carbonyl (C=O) groups excluding carboxylic acids is 1. The van der Waals surface area contributed by atoms with Crippen molar-refractivity contribution in [3.05, 3.63) is 52.0 Å². The molecule has 0 fully saturated rings. The number of amides is 1. The molecule has 4 nitrogen and oxygen atoms in total. The fourth-order valence-corrected chi connectivity index (χ4v) is 2.02. The molecule has 1 amide bonds. The van der Waals surface area contributed by atoms with Crippen LogP contribution in [0, 0.1) is 0 Å². The Bertz CT molecular complexity index is 642. The number of hydrogen-bond donors (Lipinski definition) is 2. The van der Waals surface area contributed by atoms with Gasteiger partial charge in [-0.1, -0.05) is 23.2 Å². The second-order valence-electron chi connectivity index (χ2n) is 4.03. The molecule has 6 heteroatoms. The average Bonchev–Trinajstić information content (AvgIpc) is 2.43. The molecule has 0 aliphatic heterocycles. The van der Waals surface area contributed by atoms with Crippen molar-refractivity contribution < 1.29 is 9.53 Å². The fourth-order valence-electron chi connectivity index (χ4n) is 1.68. The van der Waals surface area contributed by atoms with E-state index < -0.39 is 0 Å². The lowest BCUT2D eigenvalue weighted by atomic mass is 10.1. The standard InChI is InChI=1S/C14H12Cl2N2O2/c1-20-12-7-9(16)6-11(13(12)17)14(19)18-10-4-2-8(15)3-5-10/h2-7H,17H2,1H3,(H,18,19). The first-order valence-electron chi connectivity index (χ1n) is 5.71. The molecule has 2 aromatic carbocycles. The zero-order valence-corrected chi connectivity index (χ0v) is 12.1. The van der Waals surface area contributed by atoms with Gasteiger partial charge in [0, 0.05) is 21.8 Å². The molecule has 0 saturated carbocycles. The molecule has 20 heavy (non-hydrogen) atoms. The lowest BCUT2D eigenvalue weighted by Gasteiger charge is -2.11. The third kappa shape index (κ3) is 3.15. The van der Waals surface area contributed by atoms with Crippen LogP contribution in [-0.2, 0) is 0 Å². The van der Waals surface area contributed by atoms with Crippen LogP contribution in [0.3, 0.4) is 0 Å². The van der Waals surface area contributed by atoms with E-state index in [4.69, 9.17) is 33.7 Å². The molecular weight excluding hydrogens is 299 g/mol. The Hall–Kier alpha value is -1.91. The lowest BCUT2D eigenvalue weighted by molar-refractivity contribution is 0.102. The van der Waals surface area contributed by atoms with Gasteiger partial charge in [-0.3, -0.25) is 4.79 Å². The SMILES string of the molecule is COc1cc(Cl)cc(C(=O)Nc2ccc(Cl)cc2)c1N. The van der Waals surface area contributed by atoms with Crippen LogP contribution >= 0.6 is 23.2 Å². The summed E-state index contributed by atoms with van der Waals surface area (Å²) in [6.45, 7) is 0. The molecule has 0 atom stereocenters. The second kappa shape index (κ2) is 6.03. The zero-order chi connectivity index (χ0) is 14.7. The van der Waals surface area contributed by atoms with Crippen LogP contribution in [0.1, 0.15) is 10.4 Å². The van der Waals surface area contributed by atoms with Crippen LogP contribution in [0.25, 0.3) is 0 Å². The van der Waals surface area contributed by atoms with Gasteiger partial charge >= 0.3 is 0 Å². The molecule has 0 aromatic heterocycles. The Kier molecular flexibility index (Phi) is 4.37. The topological polar surface area (TPSA) is 64.3 Å². The molecule has 0 aliphatic rings. The highest BCUT2D eigenvalue weighted by atomic mass is 35.5. The molecule has 0 heterocycles. The number of methoxy groups -OCH3 is 1. The number of rotatable bonds is 3. The Morgan fingerprint density at radius 3 is 2.40 bits per heavy atom. The smallest absolute Gasteiger partial charge is 0.257 e. The monoisotopic (exact) mass is 310 g/mol. The van der Waals surface area contributed by atoms with Crippen LogP contribution in [0.15, 0.2) is 36.4 Å². The molecule has 0 aliphatic carbocycles. The minimum atomic E-state index is -0.370. The quantitative estimate of drug-likeness (QED) is 0.847. The second-order valence-corrected chi connectivity index (χ2v) is 4.90. The summed E-state index contributed by atoms with van der Waals surface area (Å²) < 4.78 is 5.08. The third-order valence-corrected chi connectivity index (χ3v) is 3.14. The van der Waals surface area contributed by atoms with E-state index in [2.05, 4.69) is 5.32 Å². The van der Waals surface area contributed by atoms with E-state index in [1.807, 2.05) is 0 Å². The minimum absolute atomic E-state index is 0.239. The van der Waals surface area contributed by atoms with Gasteiger partial charge in [0.2, 0.25) is 0 Å². The first-order valence-corrected chi connectivity index (χ1v) is 6.47.